The summed E-state index contributed by atoms with van der Waals surface area (Å²) in [4.78, 5) is 12.5. The fourth-order valence-corrected chi connectivity index (χ4v) is 2.82. The molecule has 0 aliphatic carbocycles. The summed E-state index contributed by atoms with van der Waals surface area (Å²) in [5, 5.41) is 12.7. The van der Waals surface area contributed by atoms with Crippen LogP contribution in [0.3, 0.4) is 0 Å². The Balaban J connectivity index is 1.80. The Morgan fingerprint density at radius 3 is 2.30 bits per heavy atom. The minimum atomic E-state index is -0.463. The number of rotatable bonds is 4. The molecule has 3 nitrogen and oxygen atoms in total. The first-order valence-corrected chi connectivity index (χ1v) is 8.80. The predicted molar refractivity (Wildman–Crippen MR) is 110 cm³/mol. The van der Waals surface area contributed by atoms with Crippen LogP contribution in [-0.2, 0) is 4.79 Å². The number of hydrogen-bond donors (Lipinski definition) is 1. The van der Waals surface area contributed by atoms with Crippen LogP contribution in [0.15, 0.2) is 78.4 Å². The average molecular weight is 373 g/mol. The molecule has 0 unspecified atom stereocenters. The van der Waals surface area contributed by atoms with Crippen LogP contribution in [0, 0.1) is 18.3 Å². The number of nitrogens with zero attached hydrogens (tertiary/aromatic N) is 1. The number of nitriles is 1. The van der Waals surface area contributed by atoms with Gasteiger partial charge in [0.2, 0.25) is 0 Å². The Hall–Kier alpha value is -3.35. The van der Waals surface area contributed by atoms with Gasteiger partial charge < -0.3 is 5.32 Å². The van der Waals surface area contributed by atoms with Crippen LogP contribution < -0.4 is 5.32 Å². The van der Waals surface area contributed by atoms with Gasteiger partial charge in [-0.1, -0.05) is 72.3 Å². The third kappa shape index (κ3) is 4.44. The van der Waals surface area contributed by atoms with Gasteiger partial charge in [0, 0.05) is 10.7 Å². The van der Waals surface area contributed by atoms with Crippen LogP contribution in [0.2, 0.25) is 5.02 Å². The van der Waals surface area contributed by atoms with Gasteiger partial charge >= 0.3 is 0 Å². The molecular weight excluding hydrogens is 356 g/mol. The van der Waals surface area contributed by atoms with Gasteiger partial charge in [-0.05, 0) is 47.4 Å². The normalized spacial score (nSPS) is 10.9. The summed E-state index contributed by atoms with van der Waals surface area (Å²) in [6.45, 7) is 1.82. The van der Waals surface area contributed by atoms with E-state index >= 15 is 0 Å². The molecule has 0 aliphatic heterocycles. The smallest absolute Gasteiger partial charge is 0.266 e. The van der Waals surface area contributed by atoms with Gasteiger partial charge in [-0.2, -0.15) is 5.26 Å². The molecule has 3 aromatic rings. The number of amides is 1. The Kier molecular flexibility index (Phi) is 5.71. The second-order valence-corrected chi connectivity index (χ2v) is 6.43. The molecule has 3 rings (SSSR count). The van der Waals surface area contributed by atoms with Crippen molar-refractivity contribution in [1.82, 2.24) is 0 Å². The molecule has 1 amide bonds. The largest absolute Gasteiger partial charge is 0.321 e. The molecule has 0 fully saturated rings. The van der Waals surface area contributed by atoms with Crippen molar-refractivity contribution in [2.24, 2.45) is 0 Å². The summed E-state index contributed by atoms with van der Waals surface area (Å²) in [5.74, 6) is -0.463. The van der Waals surface area contributed by atoms with Crippen molar-refractivity contribution in [3.63, 3.8) is 0 Å². The van der Waals surface area contributed by atoms with E-state index in [1.807, 2.05) is 67.6 Å². The molecule has 4 heteroatoms. The van der Waals surface area contributed by atoms with Crippen LogP contribution >= 0.6 is 11.6 Å². The van der Waals surface area contributed by atoms with E-state index in [9.17, 15) is 10.1 Å². The van der Waals surface area contributed by atoms with E-state index in [0.29, 0.717) is 10.7 Å². The van der Waals surface area contributed by atoms with Crippen molar-refractivity contribution in [3.8, 4) is 17.2 Å². The summed E-state index contributed by atoms with van der Waals surface area (Å²) < 4.78 is 0. The van der Waals surface area contributed by atoms with E-state index in [1.54, 1.807) is 24.3 Å². The van der Waals surface area contributed by atoms with Crippen LogP contribution in [0.5, 0.6) is 0 Å². The molecular formula is C23H17ClN2O. The second-order valence-electron chi connectivity index (χ2n) is 6.02. The lowest BCUT2D eigenvalue weighted by atomic mass is 10.0. The third-order valence-corrected chi connectivity index (χ3v) is 4.62. The summed E-state index contributed by atoms with van der Waals surface area (Å²) >= 11 is 6.07. The SMILES string of the molecule is Cc1c(Cl)cccc1NC(=O)/C(C#N)=C/c1ccc(-c2ccccc2)cc1. The maximum absolute atomic E-state index is 12.5. The fourth-order valence-electron chi connectivity index (χ4n) is 2.65. The summed E-state index contributed by atoms with van der Waals surface area (Å²) in [6, 6.07) is 24.9. The van der Waals surface area contributed by atoms with E-state index in [1.165, 1.54) is 0 Å². The zero-order valence-corrected chi connectivity index (χ0v) is 15.5. The molecule has 0 bridgehead atoms. The van der Waals surface area contributed by atoms with E-state index in [0.717, 1.165) is 22.3 Å². The highest BCUT2D eigenvalue weighted by Gasteiger charge is 2.12. The Bertz CT molecular complexity index is 1030. The maximum Gasteiger partial charge on any atom is 0.266 e. The molecule has 1 N–H and O–H groups in total. The monoisotopic (exact) mass is 372 g/mol. The number of hydrogen-bond acceptors (Lipinski definition) is 2. The van der Waals surface area contributed by atoms with E-state index in [-0.39, 0.29) is 5.57 Å². The minimum Gasteiger partial charge on any atom is -0.321 e. The topological polar surface area (TPSA) is 52.9 Å². The number of anilines is 1. The summed E-state index contributed by atoms with van der Waals surface area (Å²) in [6.07, 6.45) is 1.57. The molecule has 0 aliphatic rings. The lowest BCUT2D eigenvalue weighted by molar-refractivity contribution is -0.112. The molecule has 0 aromatic heterocycles. The van der Waals surface area contributed by atoms with Gasteiger partial charge in [-0.25, -0.2) is 0 Å². The van der Waals surface area contributed by atoms with Crippen LogP contribution in [0.1, 0.15) is 11.1 Å². The first-order chi connectivity index (χ1) is 13.1. The Morgan fingerprint density at radius 1 is 0.963 bits per heavy atom. The van der Waals surface area contributed by atoms with Crippen molar-refractivity contribution in [3.05, 3.63) is 94.5 Å². The zero-order valence-electron chi connectivity index (χ0n) is 14.7. The fraction of sp³-hybridized carbons (Fsp3) is 0.0435. The Morgan fingerprint density at radius 2 is 1.63 bits per heavy atom. The molecule has 27 heavy (non-hydrogen) atoms. The third-order valence-electron chi connectivity index (χ3n) is 4.21. The first kappa shape index (κ1) is 18.4. The zero-order chi connectivity index (χ0) is 19.2. The highest BCUT2D eigenvalue weighted by atomic mass is 35.5. The van der Waals surface area contributed by atoms with Gasteiger partial charge in [0.15, 0.2) is 0 Å². The number of nitrogens with one attached hydrogen (secondary N) is 1. The van der Waals surface area contributed by atoms with Crippen molar-refractivity contribution in [2.75, 3.05) is 5.32 Å². The van der Waals surface area contributed by atoms with Crippen molar-refractivity contribution < 1.29 is 4.79 Å². The van der Waals surface area contributed by atoms with E-state index in [2.05, 4.69) is 5.32 Å². The van der Waals surface area contributed by atoms with Gasteiger partial charge in [-0.15, -0.1) is 0 Å². The molecule has 0 radical (unpaired) electrons. The van der Waals surface area contributed by atoms with E-state index in [4.69, 9.17) is 11.6 Å². The van der Waals surface area contributed by atoms with Gasteiger partial charge in [0.05, 0.1) is 0 Å². The Labute approximate surface area is 163 Å². The second kappa shape index (κ2) is 8.35. The summed E-state index contributed by atoms with van der Waals surface area (Å²) in [5.41, 5.74) is 4.35. The maximum atomic E-state index is 12.5. The highest BCUT2D eigenvalue weighted by molar-refractivity contribution is 6.31. The van der Waals surface area contributed by atoms with E-state index < -0.39 is 5.91 Å². The molecule has 0 atom stereocenters. The average Bonchev–Trinajstić information content (AvgIpc) is 2.70. The molecule has 0 saturated heterocycles. The van der Waals surface area contributed by atoms with Crippen LogP contribution in [0.25, 0.3) is 17.2 Å². The molecule has 0 heterocycles. The van der Waals surface area contributed by atoms with Crippen LogP contribution in [0.4, 0.5) is 5.69 Å². The number of halogens is 1. The number of carbonyl (C=O) groups excluding carboxylic acids is 1. The van der Waals surface area contributed by atoms with Crippen molar-refractivity contribution >= 4 is 29.3 Å². The standard InChI is InChI=1S/C23H17ClN2O/c1-16-21(24)8-5-9-22(16)26-23(27)20(15-25)14-17-10-12-19(13-11-17)18-6-3-2-4-7-18/h2-14H,1H3,(H,26,27)/b20-14+. The lowest BCUT2D eigenvalue weighted by Crippen LogP contribution is -2.14. The van der Waals surface area contributed by atoms with Gasteiger partial charge in [0.25, 0.3) is 5.91 Å². The van der Waals surface area contributed by atoms with Gasteiger partial charge in [-0.3, -0.25) is 4.79 Å². The molecule has 132 valence electrons. The first-order valence-electron chi connectivity index (χ1n) is 8.42. The molecule has 0 saturated carbocycles. The lowest BCUT2D eigenvalue weighted by Gasteiger charge is -2.09. The number of carbonyl (C=O) groups is 1. The predicted octanol–water partition coefficient (Wildman–Crippen LogP) is 5.86. The van der Waals surface area contributed by atoms with Crippen molar-refractivity contribution in [2.45, 2.75) is 6.92 Å². The molecule has 3 aromatic carbocycles. The number of benzene rings is 3. The summed E-state index contributed by atoms with van der Waals surface area (Å²) in [7, 11) is 0. The molecule has 0 spiro atoms. The highest BCUT2D eigenvalue weighted by Crippen LogP contribution is 2.24. The van der Waals surface area contributed by atoms with Crippen molar-refractivity contribution in [1.29, 1.82) is 5.26 Å². The quantitative estimate of drug-likeness (QED) is 0.460. The minimum absolute atomic E-state index is 0.0295. The van der Waals surface area contributed by atoms with Gasteiger partial charge in [0.1, 0.15) is 11.6 Å². The van der Waals surface area contributed by atoms with Crippen LogP contribution in [-0.4, -0.2) is 5.91 Å².